The Kier molecular flexibility index (Phi) is 1.58. The second-order valence-corrected chi connectivity index (χ2v) is 2.84. The van der Waals surface area contributed by atoms with Gasteiger partial charge in [-0.2, -0.15) is 5.10 Å². The molecule has 0 saturated heterocycles. The molecule has 0 fully saturated rings. The lowest BCUT2D eigenvalue weighted by atomic mass is 10.3. The summed E-state index contributed by atoms with van der Waals surface area (Å²) >= 11 is 0. The first kappa shape index (κ1) is 7.30. The van der Waals surface area contributed by atoms with Crippen LogP contribution in [0, 0.1) is 6.92 Å². The van der Waals surface area contributed by atoms with Gasteiger partial charge in [0.1, 0.15) is 0 Å². The quantitative estimate of drug-likeness (QED) is 0.525. The Morgan fingerprint density at radius 2 is 2.42 bits per heavy atom. The summed E-state index contributed by atoms with van der Waals surface area (Å²) in [5.74, 6) is 6.51. The molecule has 0 spiro atoms. The lowest BCUT2D eigenvalue weighted by Crippen LogP contribution is -2.39. The molecule has 2 rings (SSSR count). The van der Waals surface area contributed by atoms with Crippen LogP contribution in [0.1, 0.15) is 5.69 Å². The van der Waals surface area contributed by atoms with Crippen LogP contribution in [0.3, 0.4) is 0 Å². The molecule has 0 saturated carbocycles. The Hall–Kier alpha value is -1.36. The van der Waals surface area contributed by atoms with E-state index in [9.17, 15) is 0 Å². The molecule has 5 heteroatoms. The third-order valence-electron chi connectivity index (χ3n) is 1.85. The first-order valence-electron chi connectivity index (χ1n) is 3.88. The highest BCUT2D eigenvalue weighted by Gasteiger charge is 2.14. The first-order valence-corrected chi connectivity index (χ1v) is 3.88. The second-order valence-electron chi connectivity index (χ2n) is 2.84. The average molecular weight is 165 g/mol. The zero-order chi connectivity index (χ0) is 8.55. The molecule has 1 aliphatic rings. The van der Waals surface area contributed by atoms with E-state index >= 15 is 0 Å². The van der Waals surface area contributed by atoms with E-state index in [1.807, 2.05) is 13.0 Å². The van der Waals surface area contributed by atoms with Crippen molar-refractivity contribution in [2.75, 3.05) is 23.4 Å². The molecule has 3 N–H and O–H groups in total. The van der Waals surface area contributed by atoms with Crippen molar-refractivity contribution in [2.45, 2.75) is 6.92 Å². The van der Waals surface area contributed by atoms with Crippen molar-refractivity contribution in [2.24, 2.45) is 5.84 Å². The molecule has 1 aliphatic heterocycles. The number of fused-ring (bicyclic) bond motifs is 1. The number of aromatic nitrogens is 2. The molecule has 0 amide bonds. The lowest BCUT2D eigenvalue weighted by Gasteiger charge is -2.26. The van der Waals surface area contributed by atoms with Crippen molar-refractivity contribution in [3.63, 3.8) is 0 Å². The van der Waals surface area contributed by atoms with Gasteiger partial charge in [-0.05, 0) is 13.0 Å². The van der Waals surface area contributed by atoms with Crippen molar-refractivity contribution >= 4 is 11.5 Å². The van der Waals surface area contributed by atoms with Gasteiger partial charge in [-0.15, -0.1) is 5.10 Å². The van der Waals surface area contributed by atoms with Crippen molar-refractivity contribution in [3.05, 3.63) is 11.8 Å². The number of aryl methyl sites for hydroxylation is 1. The normalized spacial score (nSPS) is 15.3. The van der Waals surface area contributed by atoms with Gasteiger partial charge in [-0.25, -0.2) is 5.84 Å². The van der Waals surface area contributed by atoms with Crippen molar-refractivity contribution in [1.82, 2.24) is 10.2 Å². The molecule has 1 aromatic heterocycles. The number of nitrogens with two attached hydrogens (primary N) is 1. The van der Waals surface area contributed by atoms with Gasteiger partial charge in [0.25, 0.3) is 0 Å². The molecule has 64 valence electrons. The minimum absolute atomic E-state index is 0.773. The standard InChI is InChI=1S/C7H11N5/c1-5-4-6-7(11-10-5)9-2-3-12(6)8/h4H,2-3,8H2,1H3,(H,9,11). The highest BCUT2D eigenvalue weighted by molar-refractivity contribution is 5.66. The Labute approximate surface area is 70.5 Å². The van der Waals surface area contributed by atoms with Crippen molar-refractivity contribution in [3.8, 4) is 0 Å². The zero-order valence-corrected chi connectivity index (χ0v) is 6.91. The van der Waals surface area contributed by atoms with E-state index in [-0.39, 0.29) is 0 Å². The summed E-state index contributed by atoms with van der Waals surface area (Å²) in [6, 6.07) is 1.93. The molecule has 0 atom stereocenters. The Balaban J connectivity index is 2.47. The number of anilines is 2. The lowest BCUT2D eigenvalue weighted by molar-refractivity contribution is 0.804. The van der Waals surface area contributed by atoms with E-state index in [0.29, 0.717) is 0 Å². The maximum absolute atomic E-state index is 5.74. The van der Waals surface area contributed by atoms with E-state index in [4.69, 9.17) is 5.84 Å². The van der Waals surface area contributed by atoms with Crippen LogP contribution in [0.5, 0.6) is 0 Å². The monoisotopic (exact) mass is 165 g/mol. The summed E-state index contributed by atoms with van der Waals surface area (Å²) in [5, 5.41) is 12.7. The molecule has 2 heterocycles. The van der Waals surface area contributed by atoms with Crippen molar-refractivity contribution in [1.29, 1.82) is 0 Å². The fraction of sp³-hybridized carbons (Fsp3) is 0.429. The predicted molar refractivity (Wildman–Crippen MR) is 46.8 cm³/mol. The van der Waals surface area contributed by atoms with Gasteiger partial charge in [0.2, 0.25) is 0 Å². The third-order valence-corrected chi connectivity index (χ3v) is 1.85. The van der Waals surface area contributed by atoms with Gasteiger partial charge in [-0.1, -0.05) is 0 Å². The molecular weight excluding hydrogens is 154 g/mol. The van der Waals surface area contributed by atoms with E-state index in [0.717, 1.165) is 30.3 Å². The highest BCUT2D eigenvalue weighted by atomic mass is 15.4. The van der Waals surface area contributed by atoms with Gasteiger partial charge < -0.3 is 10.3 Å². The topological polar surface area (TPSA) is 67.1 Å². The van der Waals surface area contributed by atoms with Gasteiger partial charge in [-0.3, -0.25) is 0 Å². The number of rotatable bonds is 0. The van der Waals surface area contributed by atoms with Crippen LogP contribution in [-0.4, -0.2) is 23.3 Å². The van der Waals surface area contributed by atoms with Gasteiger partial charge in [0.15, 0.2) is 5.82 Å². The maximum atomic E-state index is 5.74. The first-order chi connectivity index (χ1) is 5.77. The number of nitrogens with zero attached hydrogens (tertiary/aromatic N) is 3. The van der Waals surface area contributed by atoms with Gasteiger partial charge in [0, 0.05) is 6.54 Å². The Morgan fingerprint density at radius 1 is 1.58 bits per heavy atom. The summed E-state index contributed by atoms with van der Waals surface area (Å²) in [7, 11) is 0. The maximum Gasteiger partial charge on any atom is 0.173 e. The fourth-order valence-corrected chi connectivity index (χ4v) is 1.24. The predicted octanol–water partition coefficient (Wildman–Crippen LogP) is -0.109. The highest BCUT2D eigenvalue weighted by Crippen LogP contribution is 2.23. The largest absolute Gasteiger partial charge is 0.365 e. The summed E-state index contributed by atoms with van der Waals surface area (Å²) in [4.78, 5) is 0. The Bertz CT molecular complexity index is 298. The molecule has 5 nitrogen and oxygen atoms in total. The molecule has 0 aromatic carbocycles. The van der Waals surface area contributed by atoms with E-state index in [2.05, 4.69) is 15.5 Å². The average Bonchev–Trinajstić information content (AvgIpc) is 2.07. The van der Waals surface area contributed by atoms with Crippen LogP contribution in [0.2, 0.25) is 0 Å². The van der Waals surface area contributed by atoms with Gasteiger partial charge >= 0.3 is 0 Å². The summed E-state index contributed by atoms with van der Waals surface area (Å²) in [5.41, 5.74) is 1.81. The van der Waals surface area contributed by atoms with Crippen molar-refractivity contribution < 1.29 is 0 Å². The minimum Gasteiger partial charge on any atom is -0.365 e. The van der Waals surface area contributed by atoms with Crippen LogP contribution in [-0.2, 0) is 0 Å². The van der Waals surface area contributed by atoms with Crippen LogP contribution in [0.15, 0.2) is 6.07 Å². The smallest absolute Gasteiger partial charge is 0.173 e. The Morgan fingerprint density at radius 3 is 3.25 bits per heavy atom. The van der Waals surface area contributed by atoms with Gasteiger partial charge in [0.05, 0.1) is 17.9 Å². The minimum atomic E-state index is 0.773. The molecule has 12 heavy (non-hydrogen) atoms. The molecule has 0 unspecified atom stereocenters. The van der Waals surface area contributed by atoms with Crippen LogP contribution < -0.4 is 16.2 Å². The molecule has 1 aromatic rings. The summed E-state index contributed by atoms with van der Waals surface area (Å²) in [6.07, 6.45) is 0. The number of hydrogen-bond donors (Lipinski definition) is 2. The summed E-state index contributed by atoms with van der Waals surface area (Å²) < 4.78 is 0. The SMILES string of the molecule is Cc1cc2c(nn1)NCCN2N. The summed E-state index contributed by atoms with van der Waals surface area (Å²) in [6.45, 7) is 3.52. The molecule has 0 radical (unpaired) electrons. The van der Waals surface area contributed by atoms with E-state index in [1.165, 1.54) is 0 Å². The van der Waals surface area contributed by atoms with Crippen LogP contribution in [0.25, 0.3) is 0 Å². The van der Waals surface area contributed by atoms with Crippen LogP contribution in [0.4, 0.5) is 11.5 Å². The third kappa shape index (κ3) is 1.08. The number of hydrazine groups is 1. The second kappa shape index (κ2) is 2.60. The van der Waals surface area contributed by atoms with Crippen LogP contribution >= 0.6 is 0 Å². The zero-order valence-electron chi connectivity index (χ0n) is 6.91. The molecule has 0 bridgehead atoms. The van der Waals surface area contributed by atoms with E-state index < -0.39 is 0 Å². The molecule has 0 aliphatic carbocycles. The number of nitrogens with one attached hydrogen (secondary N) is 1. The fourth-order valence-electron chi connectivity index (χ4n) is 1.24. The number of hydrogen-bond acceptors (Lipinski definition) is 5. The van der Waals surface area contributed by atoms with E-state index in [1.54, 1.807) is 5.01 Å². The molecular formula is C7H11N5.